The molecule has 21 heavy (non-hydrogen) atoms. The second-order valence-corrected chi connectivity index (χ2v) is 6.30. The van der Waals surface area contributed by atoms with Crippen LogP contribution in [0.5, 0.6) is 0 Å². The molecule has 1 aromatic rings. The van der Waals surface area contributed by atoms with E-state index >= 15 is 0 Å². The van der Waals surface area contributed by atoms with E-state index in [1.807, 2.05) is 12.1 Å². The van der Waals surface area contributed by atoms with Gasteiger partial charge in [-0.2, -0.15) is 0 Å². The van der Waals surface area contributed by atoms with E-state index in [-0.39, 0.29) is 5.60 Å². The number of rotatable bonds is 3. The number of hydrogen-bond donors (Lipinski definition) is 1. The summed E-state index contributed by atoms with van der Waals surface area (Å²) in [7, 11) is 0. The second kappa shape index (κ2) is 6.16. The number of ether oxygens (including phenoxy) is 1. The van der Waals surface area contributed by atoms with Crippen molar-refractivity contribution in [2.75, 3.05) is 19.7 Å². The van der Waals surface area contributed by atoms with Crippen molar-refractivity contribution in [3.63, 3.8) is 0 Å². The van der Waals surface area contributed by atoms with Crippen LogP contribution >= 0.6 is 0 Å². The summed E-state index contributed by atoms with van der Waals surface area (Å²) in [4.78, 5) is 13.3. The lowest BCUT2D eigenvalue weighted by molar-refractivity contribution is -0.128. The summed E-state index contributed by atoms with van der Waals surface area (Å²) in [6.45, 7) is 3.66. The number of carboxylic acids is 1. The van der Waals surface area contributed by atoms with Crippen molar-refractivity contribution in [2.24, 2.45) is 0 Å². The predicted octanol–water partition coefficient (Wildman–Crippen LogP) is 2.92. The van der Waals surface area contributed by atoms with Crippen molar-refractivity contribution >= 4 is 5.97 Å². The maximum Gasteiger partial charge on any atom is 0.335 e. The summed E-state index contributed by atoms with van der Waals surface area (Å²) in [6, 6.07) is 7.22. The maximum atomic E-state index is 10.9. The van der Waals surface area contributed by atoms with E-state index in [1.54, 1.807) is 12.1 Å². The Balaban J connectivity index is 1.62. The Morgan fingerprint density at radius 1 is 1.19 bits per heavy atom. The Kier molecular flexibility index (Phi) is 4.27. The highest BCUT2D eigenvalue weighted by Gasteiger charge is 2.37. The molecule has 1 aromatic carbocycles. The van der Waals surface area contributed by atoms with Crippen molar-refractivity contribution in [2.45, 2.75) is 44.2 Å². The van der Waals surface area contributed by atoms with Gasteiger partial charge in [-0.05, 0) is 30.5 Å². The highest BCUT2D eigenvalue weighted by Crippen LogP contribution is 2.34. The number of aromatic carboxylic acids is 1. The first-order valence-corrected chi connectivity index (χ1v) is 7.85. The molecule has 0 aromatic heterocycles. The van der Waals surface area contributed by atoms with Crippen molar-refractivity contribution in [1.29, 1.82) is 0 Å². The van der Waals surface area contributed by atoms with Crippen LogP contribution in [-0.2, 0) is 11.3 Å². The first-order valence-electron chi connectivity index (χ1n) is 7.85. The molecule has 0 bridgehead atoms. The summed E-state index contributed by atoms with van der Waals surface area (Å²) in [6.07, 6.45) is 6.26. The lowest BCUT2D eigenvalue weighted by Crippen LogP contribution is -2.52. The Hall–Kier alpha value is -1.39. The molecule has 1 heterocycles. The molecule has 4 heteroatoms. The van der Waals surface area contributed by atoms with E-state index in [2.05, 4.69) is 4.90 Å². The minimum atomic E-state index is -0.867. The number of benzene rings is 1. The van der Waals surface area contributed by atoms with Crippen LogP contribution in [0.2, 0.25) is 0 Å². The van der Waals surface area contributed by atoms with Gasteiger partial charge in [0.25, 0.3) is 0 Å². The van der Waals surface area contributed by atoms with Crippen LogP contribution < -0.4 is 0 Å². The molecule has 0 radical (unpaired) electrons. The molecule has 0 amide bonds. The molecule has 1 saturated heterocycles. The van der Waals surface area contributed by atoms with E-state index < -0.39 is 5.97 Å². The van der Waals surface area contributed by atoms with Crippen LogP contribution in [0, 0.1) is 0 Å². The first kappa shape index (κ1) is 14.5. The zero-order valence-corrected chi connectivity index (χ0v) is 12.4. The summed E-state index contributed by atoms with van der Waals surface area (Å²) in [5.41, 5.74) is 1.61. The van der Waals surface area contributed by atoms with E-state index in [0.717, 1.165) is 26.2 Å². The zero-order valence-electron chi connectivity index (χ0n) is 12.4. The number of nitrogens with zero attached hydrogens (tertiary/aromatic N) is 1. The van der Waals surface area contributed by atoms with Gasteiger partial charge in [-0.25, -0.2) is 4.79 Å². The molecule has 114 valence electrons. The smallest absolute Gasteiger partial charge is 0.335 e. The van der Waals surface area contributed by atoms with Crippen LogP contribution in [0.3, 0.4) is 0 Å². The van der Waals surface area contributed by atoms with Crippen LogP contribution in [-0.4, -0.2) is 41.3 Å². The van der Waals surface area contributed by atoms with Gasteiger partial charge in [-0.3, -0.25) is 4.90 Å². The average Bonchev–Trinajstić information content (AvgIpc) is 2.49. The van der Waals surface area contributed by atoms with Crippen LogP contribution in [0.1, 0.15) is 48.0 Å². The van der Waals surface area contributed by atoms with Gasteiger partial charge in [0, 0.05) is 19.6 Å². The molecule has 1 N–H and O–H groups in total. The van der Waals surface area contributed by atoms with Gasteiger partial charge >= 0.3 is 5.97 Å². The van der Waals surface area contributed by atoms with Gasteiger partial charge in [-0.15, -0.1) is 0 Å². The van der Waals surface area contributed by atoms with Crippen LogP contribution in [0.4, 0.5) is 0 Å². The van der Waals surface area contributed by atoms with Crippen molar-refractivity contribution in [1.82, 2.24) is 4.90 Å². The van der Waals surface area contributed by atoms with E-state index in [4.69, 9.17) is 9.84 Å². The van der Waals surface area contributed by atoms with Gasteiger partial charge in [0.1, 0.15) is 0 Å². The Bertz CT molecular complexity index is 486. The lowest BCUT2D eigenvalue weighted by Gasteiger charge is -2.45. The number of hydrogen-bond acceptors (Lipinski definition) is 3. The molecule has 1 saturated carbocycles. The Morgan fingerprint density at radius 3 is 2.57 bits per heavy atom. The van der Waals surface area contributed by atoms with Gasteiger partial charge < -0.3 is 9.84 Å². The molecule has 1 aliphatic heterocycles. The highest BCUT2D eigenvalue weighted by molar-refractivity contribution is 5.87. The standard InChI is InChI=1S/C17H23NO3/c19-16(20)15-6-4-14(5-7-15)12-18-10-11-21-17(13-18)8-2-1-3-9-17/h4-7H,1-3,8-13H2,(H,19,20). The van der Waals surface area contributed by atoms with E-state index in [0.29, 0.717) is 5.56 Å². The molecule has 0 unspecified atom stereocenters. The Labute approximate surface area is 125 Å². The topological polar surface area (TPSA) is 49.8 Å². The minimum absolute atomic E-state index is 0.0809. The molecule has 4 nitrogen and oxygen atoms in total. The quantitative estimate of drug-likeness (QED) is 0.929. The van der Waals surface area contributed by atoms with Crippen LogP contribution in [0.15, 0.2) is 24.3 Å². The highest BCUT2D eigenvalue weighted by atomic mass is 16.5. The fraction of sp³-hybridized carbons (Fsp3) is 0.588. The monoisotopic (exact) mass is 289 g/mol. The largest absolute Gasteiger partial charge is 0.478 e. The van der Waals surface area contributed by atoms with Crippen LogP contribution in [0.25, 0.3) is 0 Å². The summed E-state index contributed by atoms with van der Waals surface area (Å²) in [5.74, 6) is -0.867. The SMILES string of the molecule is O=C(O)c1ccc(CN2CCOC3(CCCCC3)C2)cc1. The predicted molar refractivity (Wildman–Crippen MR) is 80.4 cm³/mol. The minimum Gasteiger partial charge on any atom is -0.478 e. The number of carboxylic acid groups (broad SMARTS) is 1. The molecular formula is C17H23NO3. The molecule has 3 rings (SSSR count). The molecule has 1 aliphatic carbocycles. The van der Waals surface area contributed by atoms with Crippen molar-refractivity contribution in [3.05, 3.63) is 35.4 Å². The zero-order chi connectivity index (χ0) is 14.7. The average molecular weight is 289 g/mol. The Morgan fingerprint density at radius 2 is 1.90 bits per heavy atom. The normalized spacial score (nSPS) is 22.3. The van der Waals surface area contributed by atoms with Crippen molar-refractivity contribution < 1.29 is 14.6 Å². The van der Waals surface area contributed by atoms with Gasteiger partial charge in [0.15, 0.2) is 0 Å². The second-order valence-electron chi connectivity index (χ2n) is 6.30. The van der Waals surface area contributed by atoms with Crippen molar-refractivity contribution in [3.8, 4) is 0 Å². The third-order valence-corrected chi connectivity index (χ3v) is 4.70. The summed E-state index contributed by atoms with van der Waals surface area (Å²) in [5, 5.41) is 8.94. The van der Waals surface area contributed by atoms with Gasteiger partial charge in [-0.1, -0.05) is 31.4 Å². The van der Waals surface area contributed by atoms with Gasteiger partial charge in [0.2, 0.25) is 0 Å². The number of carbonyl (C=O) groups is 1. The van der Waals surface area contributed by atoms with E-state index in [1.165, 1.54) is 37.7 Å². The molecule has 2 aliphatic rings. The fourth-order valence-corrected chi connectivity index (χ4v) is 3.57. The van der Waals surface area contributed by atoms with Gasteiger partial charge in [0.05, 0.1) is 17.8 Å². The number of morpholine rings is 1. The molecular weight excluding hydrogens is 266 g/mol. The third kappa shape index (κ3) is 3.44. The summed E-state index contributed by atoms with van der Waals surface area (Å²) >= 11 is 0. The molecule has 0 atom stereocenters. The lowest BCUT2D eigenvalue weighted by atomic mass is 9.83. The van der Waals surface area contributed by atoms with E-state index in [9.17, 15) is 4.79 Å². The molecule has 1 spiro atoms. The third-order valence-electron chi connectivity index (χ3n) is 4.70. The maximum absolute atomic E-state index is 10.9. The first-order chi connectivity index (χ1) is 10.2. The summed E-state index contributed by atoms with van der Waals surface area (Å²) < 4.78 is 6.11. The fourth-order valence-electron chi connectivity index (χ4n) is 3.57. The molecule has 2 fully saturated rings.